The van der Waals surface area contributed by atoms with E-state index in [1.54, 1.807) is 4.90 Å². The highest BCUT2D eigenvalue weighted by Crippen LogP contribution is 2.46. The van der Waals surface area contributed by atoms with E-state index in [-0.39, 0.29) is 12.5 Å². The van der Waals surface area contributed by atoms with Gasteiger partial charge in [-0.1, -0.05) is 48.5 Å². The molecule has 0 bridgehead atoms. The minimum atomic E-state index is -4.64. The van der Waals surface area contributed by atoms with E-state index in [0.717, 1.165) is 27.7 Å². The summed E-state index contributed by atoms with van der Waals surface area (Å²) in [6, 6.07) is 22.7. The Bertz CT molecular complexity index is 1460. The number of anilines is 4. The van der Waals surface area contributed by atoms with Gasteiger partial charge in [0.05, 0.1) is 11.9 Å². The molecule has 3 aromatic carbocycles. The molecule has 5 aromatic rings. The summed E-state index contributed by atoms with van der Waals surface area (Å²) in [6.07, 6.45) is -3.40. The van der Waals surface area contributed by atoms with Gasteiger partial charge < -0.3 is 14.2 Å². The summed E-state index contributed by atoms with van der Waals surface area (Å²) in [6.45, 7) is 0.269. The Balaban J connectivity index is 1.56. The van der Waals surface area contributed by atoms with Crippen molar-refractivity contribution in [2.45, 2.75) is 6.18 Å². The Morgan fingerprint density at radius 1 is 0.781 bits per heavy atom. The Kier molecular flexibility index (Phi) is 3.92. The summed E-state index contributed by atoms with van der Waals surface area (Å²) in [4.78, 5) is 11.1. The second-order valence-electron chi connectivity index (χ2n) is 7.49. The Labute approximate surface area is 180 Å². The molecule has 0 N–H and O–H groups in total. The fourth-order valence-corrected chi connectivity index (χ4v) is 4.14. The highest BCUT2D eigenvalue weighted by molar-refractivity contribution is 6.10. The van der Waals surface area contributed by atoms with Crippen LogP contribution in [0.3, 0.4) is 0 Å². The topological polar surface area (TPSA) is 45.4 Å². The zero-order chi connectivity index (χ0) is 21.9. The summed E-state index contributed by atoms with van der Waals surface area (Å²) in [7, 11) is 0. The van der Waals surface area contributed by atoms with Gasteiger partial charge in [-0.15, -0.1) is 0 Å². The van der Waals surface area contributed by atoms with Crippen LogP contribution < -0.4 is 9.80 Å². The van der Waals surface area contributed by atoms with E-state index >= 15 is 0 Å². The molecule has 0 radical (unpaired) electrons. The quantitative estimate of drug-likeness (QED) is 0.313. The molecular weight excluding hydrogens is 417 g/mol. The smallest absolute Gasteiger partial charge is 0.451 e. The number of rotatable bonds is 2. The summed E-state index contributed by atoms with van der Waals surface area (Å²) in [5.41, 5.74) is 3.36. The lowest BCUT2D eigenvalue weighted by Gasteiger charge is -2.21. The predicted octanol–water partition coefficient (Wildman–Crippen LogP) is 6.64. The lowest BCUT2D eigenvalue weighted by Crippen LogP contribution is -2.24. The fourth-order valence-electron chi connectivity index (χ4n) is 4.14. The maximum Gasteiger partial charge on any atom is 0.451 e. The van der Waals surface area contributed by atoms with Crippen LogP contribution in [0.4, 0.5) is 36.1 Å². The summed E-state index contributed by atoms with van der Waals surface area (Å²) < 4.78 is 46.2. The minimum Gasteiger partial charge on any atom is -0.454 e. The van der Waals surface area contributed by atoms with Gasteiger partial charge in [-0.3, -0.25) is 0 Å². The van der Waals surface area contributed by atoms with Crippen molar-refractivity contribution in [2.75, 3.05) is 16.5 Å². The molecule has 6 rings (SSSR count). The molecule has 0 amide bonds. The molecule has 0 unspecified atom stereocenters. The molecule has 158 valence electrons. The number of nitrogens with zero attached hydrogens (tertiary/aromatic N) is 4. The normalized spacial score (nSPS) is 13.8. The average molecular weight is 432 g/mol. The molecule has 0 saturated carbocycles. The highest BCUT2D eigenvalue weighted by Gasteiger charge is 2.39. The van der Waals surface area contributed by atoms with Crippen molar-refractivity contribution in [2.24, 2.45) is 0 Å². The van der Waals surface area contributed by atoms with Crippen molar-refractivity contribution < 1.29 is 17.6 Å². The number of furan rings is 1. The van der Waals surface area contributed by atoms with Crippen LogP contribution in [0.1, 0.15) is 5.82 Å². The van der Waals surface area contributed by atoms with Crippen LogP contribution >= 0.6 is 0 Å². The summed E-state index contributed by atoms with van der Waals surface area (Å²) in [5, 5.41) is 1.91. The fraction of sp³-hybridized carbons (Fsp3) is 0.0833. The van der Waals surface area contributed by atoms with E-state index in [0.29, 0.717) is 11.3 Å². The number of hydrogen-bond acceptors (Lipinski definition) is 5. The Morgan fingerprint density at radius 2 is 1.53 bits per heavy atom. The van der Waals surface area contributed by atoms with Gasteiger partial charge in [0, 0.05) is 16.5 Å². The number of aromatic nitrogens is 2. The van der Waals surface area contributed by atoms with E-state index in [1.165, 1.54) is 6.20 Å². The lowest BCUT2D eigenvalue weighted by atomic mass is 10.1. The number of hydrogen-bond donors (Lipinski definition) is 0. The van der Waals surface area contributed by atoms with Crippen molar-refractivity contribution in [3.05, 3.63) is 84.8 Å². The number of benzene rings is 3. The van der Waals surface area contributed by atoms with Crippen LogP contribution in [0.15, 0.2) is 83.4 Å². The monoisotopic (exact) mass is 432 g/mol. The van der Waals surface area contributed by atoms with E-state index in [4.69, 9.17) is 4.42 Å². The maximum absolute atomic E-state index is 13.4. The van der Waals surface area contributed by atoms with Gasteiger partial charge in [0.15, 0.2) is 11.4 Å². The summed E-state index contributed by atoms with van der Waals surface area (Å²) in [5.74, 6) is -0.965. The lowest BCUT2D eigenvalue weighted by molar-refractivity contribution is -0.144. The van der Waals surface area contributed by atoms with Crippen molar-refractivity contribution >= 4 is 44.8 Å². The van der Waals surface area contributed by atoms with Crippen molar-refractivity contribution in [1.29, 1.82) is 0 Å². The van der Waals surface area contributed by atoms with Crippen LogP contribution in [0.5, 0.6) is 0 Å². The molecule has 3 heterocycles. The molecule has 0 saturated heterocycles. The van der Waals surface area contributed by atoms with Gasteiger partial charge in [-0.2, -0.15) is 13.2 Å². The standard InChI is InChI=1S/C24H15F3N4O/c25-24(26,27)23-28-13-19-22(29-23)30(15-7-2-1-3-8-15)14-31(19)18-11-6-10-17-16-9-4-5-12-20(16)32-21(17)18/h1-13H,14H2. The second kappa shape index (κ2) is 6.71. The maximum atomic E-state index is 13.4. The van der Waals surface area contributed by atoms with E-state index in [2.05, 4.69) is 9.97 Å². The van der Waals surface area contributed by atoms with Gasteiger partial charge in [0.25, 0.3) is 0 Å². The zero-order valence-corrected chi connectivity index (χ0v) is 16.5. The first kappa shape index (κ1) is 18.7. The highest BCUT2D eigenvalue weighted by atomic mass is 19.4. The van der Waals surface area contributed by atoms with Crippen molar-refractivity contribution in [3.8, 4) is 0 Å². The first-order valence-corrected chi connectivity index (χ1v) is 9.95. The first-order valence-electron chi connectivity index (χ1n) is 9.95. The number of fused-ring (bicyclic) bond motifs is 4. The average Bonchev–Trinajstić information content (AvgIpc) is 3.37. The van der Waals surface area contributed by atoms with E-state index in [9.17, 15) is 13.2 Å². The zero-order valence-electron chi connectivity index (χ0n) is 16.5. The van der Waals surface area contributed by atoms with Gasteiger partial charge in [-0.05, 0) is 24.3 Å². The van der Waals surface area contributed by atoms with Crippen molar-refractivity contribution in [3.63, 3.8) is 0 Å². The Hall–Kier alpha value is -4.07. The minimum absolute atomic E-state index is 0.201. The number of halogens is 3. The molecular formula is C24H15F3N4O. The van der Waals surface area contributed by atoms with Crippen LogP contribution in [-0.4, -0.2) is 16.6 Å². The van der Waals surface area contributed by atoms with Gasteiger partial charge >= 0.3 is 6.18 Å². The molecule has 1 aliphatic rings. The first-order chi connectivity index (χ1) is 15.5. The third-order valence-electron chi connectivity index (χ3n) is 5.58. The third kappa shape index (κ3) is 2.80. The molecule has 5 nitrogen and oxygen atoms in total. The molecule has 32 heavy (non-hydrogen) atoms. The number of alkyl halides is 3. The van der Waals surface area contributed by atoms with Crippen molar-refractivity contribution in [1.82, 2.24) is 9.97 Å². The largest absolute Gasteiger partial charge is 0.454 e. The summed E-state index contributed by atoms with van der Waals surface area (Å²) >= 11 is 0. The molecule has 0 fully saturated rings. The van der Waals surface area contributed by atoms with Gasteiger partial charge in [-0.25, -0.2) is 9.97 Å². The van der Waals surface area contributed by atoms with E-state index < -0.39 is 12.0 Å². The predicted molar refractivity (Wildman–Crippen MR) is 116 cm³/mol. The Morgan fingerprint density at radius 3 is 2.34 bits per heavy atom. The van der Waals surface area contributed by atoms with Crippen LogP contribution in [0, 0.1) is 0 Å². The molecule has 0 spiro atoms. The molecule has 2 aromatic heterocycles. The molecule has 1 aliphatic heterocycles. The van der Waals surface area contributed by atoms with Gasteiger partial charge in [0.2, 0.25) is 5.82 Å². The van der Waals surface area contributed by atoms with Crippen LogP contribution in [-0.2, 0) is 6.18 Å². The second-order valence-corrected chi connectivity index (χ2v) is 7.49. The van der Waals surface area contributed by atoms with E-state index in [1.807, 2.05) is 77.7 Å². The molecule has 0 atom stereocenters. The molecule has 8 heteroatoms. The van der Waals surface area contributed by atoms with Gasteiger partial charge in [0.1, 0.15) is 17.9 Å². The molecule has 0 aliphatic carbocycles. The van der Waals surface area contributed by atoms with Crippen LogP contribution in [0.25, 0.3) is 21.9 Å². The van der Waals surface area contributed by atoms with Crippen LogP contribution in [0.2, 0.25) is 0 Å². The SMILES string of the molecule is FC(F)(F)c1ncc2c(n1)N(c1ccccc1)CN2c1cccc2c1oc1ccccc12. The third-order valence-corrected chi connectivity index (χ3v) is 5.58. The number of para-hydroxylation sites is 3.